The van der Waals surface area contributed by atoms with Crippen LogP contribution in [-0.4, -0.2) is 56.5 Å². The molecule has 1 fully saturated rings. The Morgan fingerprint density at radius 1 is 1.27 bits per heavy atom. The van der Waals surface area contributed by atoms with Crippen LogP contribution in [0, 0.1) is 19.8 Å². The Balaban J connectivity index is 1.39. The Labute approximate surface area is 219 Å². The lowest BCUT2D eigenvalue weighted by atomic mass is 9.90. The number of β-amino-alcohol motifs (C(OH)–C–C–N with tert-alkyl or cyclic N) is 1. The first-order valence-electron chi connectivity index (χ1n) is 12.4. The standard InChI is InChI=1S/C27H31N5O4S/c1-14(2)22(21-10-15(3)31-36-21)25(34)32-12-19(33)11-20(32)24-29-26(35)27(5,30-24)18-8-6-17(7-9-18)23-16(4)28-13-37-23/h6-10,13-14,19-20,22,33H,11-12H2,1-5H3,(H,29,30,35)/t19-,20+,22?,27+/m1/s1. The second kappa shape index (κ2) is 9.50. The van der Waals surface area contributed by atoms with Crippen LogP contribution in [-0.2, 0) is 15.1 Å². The van der Waals surface area contributed by atoms with Gasteiger partial charge >= 0.3 is 0 Å². The third kappa shape index (κ3) is 4.48. The van der Waals surface area contributed by atoms with Crippen molar-refractivity contribution >= 4 is 29.0 Å². The summed E-state index contributed by atoms with van der Waals surface area (Å²) in [6, 6.07) is 9.04. The summed E-state index contributed by atoms with van der Waals surface area (Å²) < 4.78 is 5.44. The van der Waals surface area contributed by atoms with Gasteiger partial charge in [0.05, 0.1) is 33.9 Å². The normalized spacial score (nSPS) is 24.5. The lowest BCUT2D eigenvalue weighted by Gasteiger charge is -2.31. The number of likely N-dealkylation sites (tertiary alicyclic amines) is 1. The lowest BCUT2D eigenvalue weighted by Crippen LogP contribution is -2.51. The van der Waals surface area contributed by atoms with E-state index in [4.69, 9.17) is 4.52 Å². The van der Waals surface area contributed by atoms with Crippen molar-refractivity contribution in [3.05, 3.63) is 58.6 Å². The summed E-state index contributed by atoms with van der Waals surface area (Å²) in [5.41, 5.74) is 4.23. The van der Waals surface area contributed by atoms with Gasteiger partial charge in [0.15, 0.2) is 0 Å². The van der Waals surface area contributed by atoms with E-state index in [9.17, 15) is 14.7 Å². The van der Waals surface area contributed by atoms with Gasteiger partial charge in [-0.05, 0) is 37.8 Å². The molecule has 1 aromatic carbocycles. The molecule has 0 radical (unpaired) electrons. The highest BCUT2D eigenvalue weighted by molar-refractivity contribution is 7.13. The molecule has 194 valence electrons. The topological polar surface area (TPSA) is 121 Å². The molecule has 0 spiro atoms. The highest BCUT2D eigenvalue weighted by atomic mass is 32.1. The van der Waals surface area contributed by atoms with Crippen molar-refractivity contribution in [2.45, 2.75) is 64.6 Å². The lowest BCUT2D eigenvalue weighted by molar-refractivity contribution is -0.134. The number of hydrogen-bond acceptors (Lipinski definition) is 8. The van der Waals surface area contributed by atoms with Gasteiger partial charge in [0.25, 0.3) is 5.91 Å². The van der Waals surface area contributed by atoms with Gasteiger partial charge in [-0.3, -0.25) is 9.59 Å². The number of nitrogens with one attached hydrogen (secondary N) is 1. The summed E-state index contributed by atoms with van der Waals surface area (Å²) in [6.45, 7) is 9.64. The fourth-order valence-electron chi connectivity index (χ4n) is 5.21. The molecule has 2 N–H and O–H groups in total. The number of benzene rings is 1. The molecule has 4 heterocycles. The SMILES string of the molecule is Cc1cc(C(C(=O)N2C[C@H](O)C[C@H]2C2=NC(=O)[C@](C)(c3ccc(-c4scnc4C)cc3)N2)C(C)C)on1. The van der Waals surface area contributed by atoms with Crippen LogP contribution in [0.15, 0.2) is 45.4 Å². The van der Waals surface area contributed by atoms with Crippen molar-refractivity contribution in [1.82, 2.24) is 20.4 Å². The second-order valence-electron chi connectivity index (χ2n) is 10.4. The molecule has 0 saturated carbocycles. The maximum Gasteiger partial charge on any atom is 0.277 e. The maximum absolute atomic E-state index is 13.8. The van der Waals surface area contributed by atoms with E-state index in [1.165, 1.54) is 0 Å². The highest BCUT2D eigenvalue weighted by Gasteiger charge is 2.48. The molecule has 3 aromatic rings. The molecule has 2 amide bonds. The molecule has 1 unspecified atom stereocenters. The first kappa shape index (κ1) is 25.3. The number of carbonyl (C=O) groups is 2. The van der Waals surface area contributed by atoms with E-state index in [1.807, 2.05) is 57.5 Å². The zero-order valence-electron chi connectivity index (χ0n) is 21.6. The number of aliphatic hydroxyl groups is 1. The van der Waals surface area contributed by atoms with E-state index in [2.05, 4.69) is 20.4 Å². The summed E-state index contributed by atoms with van der Waals surface area (Å²) in [7, 11) is 0. The van der Waals surface area contributed by atoms with Gasteiger partial charge in [0.1, 0.15) is 23.1 Å². The van der Waals surface area contributed by atoms with Gasteiger partial charge in [-0.15, -0.1) is 11.3 Å². The molecule has 0 bridgehead atoms. The maximum atomic E-state index is 13.8. The highest BCUT2D eigenvalue weighted by Crippen LogP contribution is 2.35. The Hall–Kier alpha value is -3.37. The first-order chi connectivity index (χ1) is 17.6. The van der Waals surface area contributed by atoms with E-state index in [0.717, 1.165) is 21.7 Å². The average molecular weight is 522 g/mol. The number of aliphatic imine (C=N–C) groups is 1. The predicted molar refractivity (Wildman–Crippen MR) is 140 cm³/mol. The van der Waals surface area contributed by atoms with Crippen molar-refractivity contribution in [2.24, 2.45) is 10.9 Å². The number of amidine groups is 1. The summed E-state index contributed by atoms with van der Waals surface area (Å²) in [6.07, 6.45) is -0.420. The molecule has 37 heavy (non-hydrogen) atoms. The number of aromatic nitrogens is 2. The number of aliphatic hydroxyl groups excluding tert-OH is 1. The minimum atomic E-state index is -1.07. The largest absolute Gasteiger partial charge is 0.391 e. The van der Waals surface area contributed by atoms with Crippen LogP contribution in [0.2, 0.25) is 0 Å². The molecule has 2 aromatic heterocycles. The molecule has 2 aliphatic heterocycles. The fourth-order valence-corrected chi connectivity index (χ4v) is 6.02. The third-order valence-electron chi connectivity index (χ3n) is 7.26. The van der Waals surface area contributed by atoms with Crippen LogP contribution >= 0.6 is 11.3 Å². The molecular formula is C27H31N5O4S. The van der Waals surface area contributed by atoms with Crippen molar-refractivity contribution in [2.75, 3.05) is 6.54 Å². The number of rotatable bonds is 6. The molecule has 9 nitrogen and oxygen atoms in total. The number of aryl methyl sites for hydroxylation is 2. The molecule has 10 heteroatoms. The van der Waals surface area contributed by atoms with E-state index < -0.39 is 23.6 Å². The van der Waals surface area contributed by atoms with Gasteiger partial charge in [0.2, 0.25) is 5.91 Å². The summed E-state index contributed by atoms with van der Waals surface area (Å²) >= 11 is 1.58. The molecule has 2 aliphatic rings. The van der Waals surface area contributed by atoms with Crippen molar-refractivity contribution in [1.29, 1.82) is 0 Å². The molecule has 0 aliphatic carbocycles. The van der Waals surface area contributed by atoms with Crippen LogP contribution in [0.4, 0.5) is 0 Å². The van der Waals surface area contributed by atoms with Crippen LogP contribution in [0.1, 0.15) is 55.8 Å². The minimum absolute atomic E-state index is 0.0516. The summed E-state index contributed by atoms with van der Waals surface area (Å²) in [5, 5.41) is 17.8. The zero-order chi connectivity index (χ0) is 26.5. The minimum Gasteiger partial charge on any atom is -0.391 e. The van der Waals surface area contributed by atoms with Gasteiger partial charge in [-0.25, -0.2) is 4.98 Å². The number of thiazole rings is 1. The molecule has 4 atom stereocenters. The van der Waals surface area contributed by atoms with Gasteiger partial charge in [0, 0.05) is 19.0 Å². The second-order valence-corrected chi connectivity index (χ2v) is 11.2. The Morgan fingerprint density at radius 3 is 2.59 bits per heavy atom. The van der Waals surface area contributed by atoms with E-state index in [0.29, 0.717) is 23.7 Å². The number of nitrogens with zero attached hydrogens (tertiary/aromatic N) is 4. The van der Waals surface area contributed by atoms with Crippen molar-refractivity contribution in [3.8, 4) is 10.4 Å². The smallest absolute Gasteiger partial charge is 0.277 e. The average Bonchev–Trinajstić information content (AvgIpc) is 3.62. The first-order valence-corrected chi connectivity index (χ1v) is 13.3. The summed E-state index contributed by atoms with van der Waals surface area (Å²) in [5.74, 6) is -0.218. The number of carbonyl (C=O) groups excluding carboxylic acids is 2. The predicted octanol–water partition coefficient (Wildman–Crippen LogP) is 3.56. The fraction of sp³-hybridized carbons (Fsp3) is 0.444. The van der Waals surface area contributed by atoms with Crippen LogP contribution in [0.5, 0.6) is 0 Å². The van der Waals surface area contributed by atoms with Gasteiger partial charge in [-0.2, -0.15) is 4.99 Å². The Morgan fingerprint density at radius 2 is 2.00 bits per heavy atom. The molecule has 5 rings (SSSR count). The van der Waals surface area contributed by atoms with Crippen molar-refractivity contribution in [3.63, 3.8) is 0 Å². The third-order valence-corrected chi connectivity index (χ3v) is 8.24. The number of hydrogen-bond donors (Lipinski definition) is 2. The van der Waals surface area contributed by atoms with Crippen LogP contribution in [0.3, 0.4) is 0 Å². The molecular weight excluding hydrogens is 490 g/mol. The van der Waals surface area contributed by atoms with Gasteiger partial charge < -0.3 is 19.8 Å². The Kier molecular flexibility index (Phi) is 6.49. The summed E-state index contributed by atoms with van der Waals surface area (Å²) in [4.78, 5) is 38.3. The van der Waals surface area contributed by atoms with E-state index in [1.54, 1.807) is 29.2 Å². The zero-order valence-corrected chi connectivity index (χ0v) is 22.4. The molecule has 1 saturated heterocycles. The van der Waals surface area contributed by atoms with Crippen molar-refractivity contribution < 1.29 is 19.2 Å². The van der Waals surface area contributed by atoms with E-state index >= 15 is 0 Å². The quantitative estimate of drug-likeness (QED) is 0.509. The number of amides is 2. The van der Waals surface area contributed by atoms with Gasteiger partial charge in [-0.1, -0.05) is 43.3 Å². The van der Waals surface area contributed by atoms with Crippen LogP contribution in [0.25, 0.3) is 10.4 Å². The Bertz CT molecular complexity index is 1360. The monoisotopic (exact) mass is 521 g/mol. The van der Waals surface area contributed by atoms with E-state index in [-0.39, 0.29) is 24.3 Å². The van der Waals surface area contributed by atoms with Crippen LogP contribution < -0.4 is 5.32 Å².